The summed E-state index contributed by atoms with van der Waals surface area (Å²) >= 11 is 5.07. The van der Waals surface area contributed by atoms with Crippen LogP contribution in [0.15, 0.2) is 36.7 Å². The number of aromatic amines is 2. The highest BCUT2D eigenvalue weighted by molar-refractivity contribution is 7.71. The molecule has 0 atom stereocenters. The number of hydrogen-bond acceptors (Lipinski definition) is 3. The highest BCUT2D eigenvalue weighted by Crippen LogP contribution is 2.22. The van der Waals surface area contributed by atoms with Gasteiger partial charge in [0.15, 0.2) is 10.4 Å². The van der Waals surface area contributed by atoms with E-state index < -0.39 is 0 Å². The molecule has 1 aromatic carbocycles. The van der Waals surface area contributed by atoms with Gasteiger partial charge in [0, 0.05) is 5.56 Å². The van der Waals surface area contributed by atoms with Crippen LogP contribution in [0.2, 0.25) is 0 Å². The van der Waals surface area contributed by atoms with Crippen molar-refractivity contribution in [1.82, 2.24) is 19.9 Å². The Morgan fingerprint density at radius 3 is 2.75 bits per heavy atom. The molecule has 0 saturated carbocycles. The summed E-state index contributed by atoms with van der Waals surface area (Å²) in [6.45, 7) is 0. The Bertz CT molecular complexity index is 684. The minimum absolute atomic E-state index is 0.443. The zero-order valence-corrected chi connectivity index (χ0v) is 9.08. The lowest BCUT2D eigenvalue weighted by Gasteiger charge is -2.02. The van der Waals surface area contributed by atoms with Crippen molar-refractivity contribution < 1.29 is 0 Å². The molecule has 0 amide bonds. The second-order valence-electron chi connectivity index (χ2n) is 3.38. The normalized spacial score (nSPS) is 10.8. The van der Waals surface area contributed by atoms with Gasteiger partial charge in [0.25, 0.3) is 0 Å². The van der Waals surface area contributed by atoms with E-state index in [-0.39, 0.29) is 0 Å². The maximum atomic E-state index is 5.07. The van der Waals surface area contributed by atoms with Crippen molar-refractivity contribution in [3.8, 4) is 11.3 Å². The van der Waals surface area contributed by atoms with E-state index in [4.69, 9.17) is 12.2 Å². The third kappa shape index (κ3) is 1.42. The average molecular weight is 228 g/mol. The smallest absolute Gasteiger partial charge is 0.199 e. The van der Waals surface area contributed by atoms with Gasteiger partial charge in [-0.25, -0.2) is 4.98 Å². The molecular weight excluding hydrogens is 220 g/mol. The lowest BCUT2D eigenvalue weighted by Crippen LogP contribution is -1.90. The highest BCUT2D eigenvalue weighted by atomic mass is 32.1. The van der Waals surface area contributed by atoms with Crippen molar-refractivity contribution in [2.24, 2.45) is 0 Å². The van der Waals surface area contributed by atoms with E-state index in [2.05, 4.69) is 19.9 Å². The Hall–Kier alpha value is -2.01. The fourth-order valence-corrected chi connectivity index (χ4v) is 1.86. The highest BCUT2D eigenvalue weighted by Gasteiger charge is 2.06. The fraction of sp³-hybridized carbons (Fsp3) is 0. The SMILES string of the molecule is S=c1nc2nc[nH]c2c(-c2ccccc2)[nH]1. The summed E-state index contributed by atoms with van der Waals surface area (Å²) in [5, 5.41) is 0. The summed E-state index contributed by atoms with van der Waals surface area (Å²) in [6.07, 6.45) is 1.62. The lowest BCUT2D eigenvalue weighted by molar-refractivity contribution is 1.17. The van der Waals surface area contributed by atoms with E-state index in [1.165, 1.54) is 0 Å². The molecule has 0 spiro atoms. The number of fused-ring (bicyclic) bond motifs is 1. The van der Waals surface area contributed by atoms with Crippen LogP contribution in [-0.2, 0) is 0 Å². The van der Waals surface area contributed by atoms with Crippen molar-refractivity contribution in [1.29, 1.82) is 0 Å². The summed E-state index contributed by atoms with van der Waals surface area (Å²) in [4.78, 5) is 14.4. The maximum Gasteiger partial charge on any atom is 0.199 e. The van der Waals surface area contributed by atoms with E-state index in [0.717, 1.165) is 16.8 Å². The third-order valence-electron chi connectivity index (χ3n) is 2.37. The number of nitrogens with one attached hydrogen (secondary N) is 2. The Morgan fingerprint density at radius 2 is 1.94 bits per heavy atom. The molecule has 5 heteroatoms. The summed E-state index contributed by atoms with van der Waals surface area (Å²) in [6, 6.07) is 9.97. The third-order valence-corrected chi connectivity index (χ3v) is 2.56. The first-order valence-electron chi connectivity index (χ1n) is 4.83. The summed E-state index contributed by atoms with van der Waals surface area (Å²) in [7, 11) is 0. The molecule has 0 bridgehead atoms. The second kappa shape index (κ2) is 3.53. The van der Waals surface area contributed by atoms with Crippen LogP contribution >= 0.6 is 12.2 Å². The van der Waals surface area contributed by atoms with Gasteiger partial charge in [-0.1, -0.05) is 30.3 Å². The largest absolute Gasteiger partial charge is 0.341 e. The molecule has 4 nitrogen and oxygen atoms in total. The number of nitrogens with zero attached hydrogens (tertiary/aromatic N) is 2. The Morgan fingerprint density at radius 1 is 1.12 bits per heavy atom. The van der Waals surface area contributed by atoms with Crippen LogP contribution in [-0.4, -0.2) is 19.9 Å². The van der Waals surface area contributed by atoms with Crippen LogP contribution in [0.3, 0.4) is 0 Å². The van der Waals surface area contributed by atoms with Gasteiger partial charge in [-0.05, 0) is 12.2 Å². The minimum Gasteiger partial charge on any atom is -0.341 e. The van der Waals surface area contributed by atoms with E-state index >= 15 is 0 Å². The molecule has 3 aromatic rings. The molecule has 78 valence electrons. The Balaban J connectivity index is 2.39. The molecule has 2 N–H and O–H groups in total. The Labute approximate surface area is 96.4 Å². The molecule has 3 rings (SSSR count). The predicted octanol–water partition coefficient (Wildman–Crippen LogP) is 2.68. The number of H-pyrrole nitrogens is 2. The summed E-state index contributed by atoms with van der Waals surface area (Å²) < 4.78 is 0.443. The van der Waals surface area contributed by atoms with Crippen molar-refractivity contribution in [3.05, 3.63) is 41.4 Å². The van der Waals surface area contributed by atoms with E-state index in [1.54, 1.807) is 6.33 Å². The average Bonchev–Trinajstić information content (AvgIpc) is 2.77. The lowest BCUT2D eigenvalue weighted by atomic mass is 10.1. The van der Waals surface area contributed by atoms with Crippen LogP contribution in [0.1, 0.15) is 0 Å². The van der Waals surface area contributed by atoms with Crippen LogP contribution in [0.4, 0.5) is 0 Å². The molecule has 0 aliphatic heterocycles. The molecule has 2 heterocycles. The maximum absolute atomic E-state index is 5.07. The number of imidazole rings is 1. The minimum atomic E-state index is 0.443. The first-order valence-corrected chi connectivity index (χ1v) is 5.24. The van der Waals surface area contributed by atoms with Crippen LogP contribution in [0, 0.1) is 4.77 Å². The van der Waals surface area contributed by atoms with Crippen LogP contribution in [0.5, 0.6) is 0 Å². The topological polar surface area (TPSA) is 57.4 Å². The standard InChI is InChI=1S/C11H8N4S/c16-11-14-8(7-4-2-1-3-5-7)9-10(15-11)13-6-12-9/h1-6H,(H2,12,13,14,15,16). The van der Waals surface area contributed by atoms with Gasteiger partial charge in [-0.15, -0.1) is 0 Å². The van der Waals surface area contributed by atoms with E-state index in [0.29, 0.717) is 10.4 Å². The van der Waals surface area contributed by atoms with Crippen LogP contribution in [0.25, 0.3) is 22.4 Å². The molecule has 0 unspecified atom stereocenters. The summed E-state index contributed by atoms with van der Waals surface area (Å²) in [5.74, 6) is 0. The van der Waals surface area contributed by atoms with Crippen molar-refractivity contribution >= 4 is 23.4 Å². The predicted molar refractivity (Wildman–Crippen MR) is 64.5 cm³/mol. The van der Waals surface area contributed by atoms with Gasteiger partial charge < -0.3 is 9.97 Å². The Kier molecular flexibility index (Phi) is 2.04. The van der Waals surface area contributed by atoms with Gasteiger partial charge >= 0.3 is 0 Å². The van der Waals surface area contributed by atoms with Gasteiger partial charge in [0.1, 0.15) is 5.52 Å². The monoisotopic (exact) mass is 228 g/mol. The number of aromatic nitrogens is 4. The van der Waals surface area contributed by atoms with Gasteiger partial charge in [-0.3, -0.25) is 0 Å². The van der Waals surface area contributed by atoms with Crippen molar-refractivity contribution in [3.63, 3.8) is 0 Å². The zero-order valence-electron chi connectivity index (χ0n) is 8.27. The first-order chi connectivity index (χ1) is 7.84. The number of benzene rings is 1. The molecule has 0 saturated heterocycles. The second-order valence-corrected chi connectivity index (χ2v) is 3.77. The van der Waals surface area contributed by atoms with Gasteiger partial charge in [0.2, 0.25) is 0 Å². The van der Waals surface area contributed by atoms with Crippen molar-refractivity contribution in [2.45, 2.75) is 0 Å². The number of hydrogen-bond donors (Lipinski definition) is 2. The van der Waals surface area contributed by atoms with Crippen molar-refractivity contribution in [2.75, 3.05) is 0 Å². The number of rotatable bonds is 1. The fourth-order valence-electron chi connectivity index (χ4n) is 1.67. The summed E-state index contributed by atoms with van der Waals surface area (Å²) in [5.41, 5.74) is 3.50. The van der Waals surface area contributed by atoms with E-state index in [1.807, 2.05) is 30.3 Å². The molecule has 0 radical (unpaired) electrons. The van der Waals surface area contributed by atoms with E-state index in [9.17, 15) is 0 Å². The molecular formula is C11H8N4S. The molecule has 0 fully saturated rings. The zero-order chi connectivity index (χ0) is 11.0. The van der Waals surface area contributed by atoms with Gasteiger partial charge in [-0.2, -0.15) is 4.98 Å². The molecule has 2 aromatic heterocycles. The van der Waals surface area contributed by atoms with Crippen LogP contribution < -0.4 is 0 Å². The molecule has 0 aliphatic carbocycles. The van der Waals surface area contributed by atoms with Gasteiger partial charge in [0.05, 0.1) is 12.0 Å². The molecule has 16 heavy (non-hydrogen) atoms. The quantitative estimate of drug-likeness (QED) is 0.629. The first kappa shape index (κ1) is 9.23. The molecule has 0 aliphatic rings.